The van der Waals surface area contributed by atoms with Crippen molar-refractivity contribution in [3.8, 4) is 0 Å². The van der Waals surface area contributed by atoms with E-state index in [0.29, 0.717) is 24.9 Å². The zero-order valence-electron chi connectivity index (χ0n) is 18.0. The molecule has 0 spiro atoms. The molecule has 1 aromatic carbocycles. The molecule has 0 aliphatic heterocycles. The van der Waals surface area contributed by atoms with Crippen LogP contribution >= 0.6 is 0 Å². The fourth-order valence-electron chi connectivity index (χ4n) is 3.05. The standard InChI is InChI=1S/C21H32N4O3/c1-8-21(9-2,13-22-19(27)28-20(4,5)6)24-18(26)15-10-11-17-16(12-15)23-14(3)25(17)7/h10-12H,8-9,13H2,1-7H3,(H,22,27)(H,24,26). The number of aromatic nitrogens is 2. The second-order valence-electron chi connectivity index (χ2n) is 8.22. The Morgan fingerprint density at radius 3 is 2.39 bits per heavy atom. The molecule has 0 atom stereocenters. The fraction of sp³-hybridized carbons (Fsp3) is 0.571. The molecule has 1 heterocycles. The first-order chi connectivity index (χ1) is 13.0. The molecule has 7 nitrogen and oxygen atoms in total. The maximum Gasteiger partial charge on any atom is 0.407 e. The van der Waals surface area contributed by atoms with E-state index in [1.807, 2.05) is 59.2 Å². The van der Waals surface area contributed by atoms with E-state index in [4.69, 9.17) is 4.74 Å². The highest BCUT2D eigenvalue weighted by Gasteiger charge is 2.30. The molecular formula is C21H32N4O3. The van der Waals surface area contributed by atoms with Crippen molar-refractivity contribution in [1.82, 2.24) is 20.2 Å². The van der Waals surface area contributed by atoms with Gasteiger partial charge in [0.1, 0.15) is 11.4 Å². The molecule has 28 heavy (non-hydrogen) atoms. The largest absolute Gasteiger partial charge is 0.444 e. The highest BCUT2D eigenvalue weighted by Crippen LogP contribution is 2.19. The summed E-state index contributed by atoms with van der Waals surface area (Å²) in [5.74, 6) is 0.713. The van der Waals surface area contributed by atoms with Crippen molar-refractivity contribution in [1.29, 1.82) is 0 Å². The zero-order valence-corrected chi connectivity index (χ0v) is 18.0. The van der Waals surface area contributed by atoms with Gasteiger partial charge in [0.25, 0.3) is 5.91 Å². The van der Waals surface area contributed by atoms with E-state index >= 15 is 0 Å². The number of fused-ring (bicyclic) bond motifs is 1. The van der Waals surface area contributed by atoms with Gasteiger partial charge in [-0.2, -0.15) is 0 Å². The second-order valence-corrected chi connectivity index (χ2v) is 8.22. The number of imidazole rings is 1. The Bertz CT molecular complexity index is 860. The number of alkyl carbamates (subject to hydrolysis) is 1. The summed E-state index contributed by atoms with van der Waals surface area (Å²) in [6, 6.07) is 5.51. The summed E-state index contributed by atoms with van der Waals surface area (Å²) < 4.78 is 7.29. The lowest BCUT2D eigenvalue weighted by Crippen LogP contribution is -2.55. The molecule has 154 valence electrons. The number of rotatable bonds is 6. The number of hydrogen-bond acceptors (Lipinski definition) is 4. The van der Waals surface area contributed by atoms with Crippen molar-refractivity contribution in [2.45, 2.75) is 65.5 Å². The van der Waals surface area contributed by atoms with Gasteiger partial charge in [-0.05, 0) is 58.7 Å². The SMILES string of the molecule is CCC(CC)(CNC(=O)OC(C)(C)C)NC(=O)c1ccc2c(c1)nc(C)n2C. The summed E-state index contributed by atoms with van der Waals surface area (Å²) in [5.41, 5.74) is 1.21. The third-order valence-corrected chi connectivity index (χ3v) is 5.07. The molecule has 0 fully saturated rings. The number of carbonyl (C=O) groups excluding carboxylic acids is 2. The number of nitrogens with one attached hydrogen (secondary N) is 2. The van der Waals surface area contributed by atoms with Crippen molar-refractivity contribution in [3.05, 3.63) is 29.6 Å². The molecule has 0 aliphatic carbocycles. The molecule has 2 amide bonds. The van der Waals surface area contributed by atoms with E-state index in [-0.39, 0.29) is 5.91 Å². The van der Waals surface area contributed by atoms with Crippen LogP contribution in [0.3, 0.4) is 0 Å². The Morgan fingerprint density at radius 1 is 1.18 bits per heavy atom. The average Bonchev–Trinajstić information content (AvgIpc) is 2.90. The third kappa shape index (κ3) is 5.03. The van der Waals surface area contributed by atoms with E-state index in [1.54, 1.807) is 12.1 Å². The quantitative estimate of drug-likeness (QED) is 0.790. The van der Waals surface area contributed by atoms with Gasteiger partial charge in [0, 0.05) is 19.2 Å². The van der Waals surface area contributed by atoms with Gasteiger partial charge < -0.3 is 19.9 Å². The van der Waals surface area contributed by atoms with Gasteiger partial charge in [0.05, 0.1) is 16.6 Å². The van der Waals surface area contributed by atoms with Crippen LogP contribution in [-0.4, -0.2) is 39.2 Å². The lowest BCUT2D eigenvalue weighted by atomic mass is 9.92. The molecule has 2 N–H and O–H groups in total. The predicted molar refractivity (Wildman–Crippen MR) is 110 cm³/mol. The highest BCUT2D eigenvalue weighted by molar-refractivity contribution is 5.97. The minimum Gasteiger partial charge on any atom is -0.444 e. The summed E-state index contributed by atoms with van der Waals surface area (Å²) >= 11 is 0. The van der Waals surface area contributed by atoms with Crippen LogP contribution in [-0.2, 0) is 11.8 Å². The number of aryl methyl sites for hydroxylation is 2. The van der Waals surface area contributed by atoms with Gasteiger partial charge in [-0.3, -0.25) is 4.79 Å². The summed E-state index contributed by atoms with van der Waals surface area (Å²) in [7, 11) is 1.95. The lowest BCUT2D eigenvalue weighted by molar-refractivity contribution is 0.0502. The Morgan fingerprint density at radius 2 is 1.82 bits per heavy atom. The molecule has 2 rings (SSSR count). The predicted octanol–water partition coefficient (Wildman–Crippen LogP) is 3.70. The molecule has 0 unspecified atom stereocenters. The van der Waals surface area contributed by atoms with Crippen molar-refractivity contribution >= 4 is 23.0 Å². The summed E-state index contributed by atoms with van der Waals surface area (Å²) in [4.78, 5) is 29.4. The van der Waals surface area contributed by atoms with Crippen LogP contribution in [0, 0.1) is 6.92 Å². The molecule has 0 radical (unpaired) electrons. The summed E-state index contributed by atoms with van der Waals surface area (Å²) in [6.45, 7) is 11.7. The van der Waals surface area contributed by atoms with Crippen LogP contribution in [0.4, 0.5) is 4.79 Å². The van der Waals surface area contributed by atoms with Crippen LogP contribution < -0.4 is 10.6 Å². The normalized spacial score (nSPS) is 12.1. The van der Waals surface area contributed by atoms with Crippen LogP contribution in [0.5, 0.6) is 0 Å². The molecular weight excluding hydrogens is 356 g/mol. The van der Waals surface area contributed by atoms with Crippen LogP contribution in [0.1, 0.15) is 63.6 Å². The molecule has 1 aromatic heterocycles. The minimum absolute atomic E-state index is 0.181. The first-order valence-electron chi connectivity index (χ1n) is 9.72. The molecule has 7 heteroatoms. The molecule has 0 saturated carbocycles. The van der Waals surface area contributed by atoms with Crippen molar-refractivity contribution in [2.75, 3.05) is 6.54 Å². The van der Waals surface area contributed by atoms with Crippen molar-refractivity contribution in [3.63, 3.8) is 0 Å². The first-order valence-corrected chi connectivity index (χ1v) is 9.72. The minimum atomic E-state index is -0.565. The number of benzene rings is 1. The number of nitrogens with zero attached hydrogens (tertiary/aromatic N) is 2. The van der Waals surface area contributed by atoms with Crippen LogP contribution in [0.15, 0.2) is 18.2 Å². The smallest absolute Gasteiger partial charge is 0.407 e. The average molecular weight is 389 g/mol. The number of ether oxygens (including phenoxy) is 1. The Balaban J connectivity index is 2.14. The molecule has 0 saturated heterocycles. The maximum absolute atomic E-state index is 12.9. The topological polar surface area (TPSA) is 85.2 Å². The van der Waals surface area contributed by atoms with E-state index in [2.05, 4.69) is 15.6 Å². The van der Waals surface area contributed by atoms with Gasteiger partial charge >= 0.3 is 6.09 Å². The number of hydrogen-bond donors (Lipinski definition) is 2. The zero-order chi connectivity index (χ0) is 21.1. The maximum atomic E-state index is 12.9. The van der Waals surface area contributed by atoms with E-state index < -0.39 is 17.2 Å². The van der Waals surface area contributed by atoms with Gasteiger partial charge in [0.2, 0.25) is 0 Å². The monoisotopic (exact) mass is 388 g/mol. The van der Waals surface area contributed by atoms with Gasteiger partial charge in [0.15, 0.2) is 0 Å². The molecule has 2 aromatic rings. The van der Waals surface area contributed by atoms with Gasteiger partial charge in [-0.25, -0.2) is 9.78 Å². The summed E-state index contributed by atoms with van der Waals surface area (Å²) in [5, 5.41) is 5.89. The Labute approximate surface area is 166 Å². The second kappa shape index (κ2) is 8.20. The third-order valence-electron chi connectivity index (χ3n) is 5.07. The summed E-state index contributed by atoms with van der Waals surface area (Å²) in [6.07, 6.45) is 0.866. The lowest BCUT2D eigenvalue weighted by Gasteiger charge is -2.33. The van der Waals surface area contributed by atoms with Crippen molar-refractivity contribution in [2.24, 2.45) is 7.05 Å². The van der Waals surface area contributed by atoms with E-state index in [1.165, 1.54) is 0 Å². The van der Waals surface area contributed by atoms with Crippen LogP contribution in [0.2, 0.25) is 0 Å². The Kier molecular flexibility index (Phi) is 6.37. The highest BCUT2D eigenvalue weighted by atomic mass is 16.6. The van der Waals surface area contributed by atoms with Gasteiger partial charge in [-0.1, -0.05) is 13.8 Å². The number of amides is 2. The Hall–Kier alpha value is -2.57. The molecule has 0 aliphatic rings. The number of carbonyl (C=O) groups is 2. The first kappa shape index (κ1) is 21.7. The van der Waals surface area contributed by atoms with Gasteiger partial charge in [-0.15, -0.1) is 0 Å². The van der Waals surface area contributed by atoms with E-state index in [0.717, 1.165) is 16.9 Å². The fourth-order valence-corrected chi connectivity index (χ4v) is 3.05. The molecule has 0 bridgehead atoms. The van der Waals surface area contributed by atoms with Crippen LogP contribution in [0.25, 0.3) is 11.0 Å². The van der Waals surface area contributed by atoms with E-state index in [9.17, 15) is 9.59 Å². The van der Waals surface area contributed by atoms with Crippen molar-refractivity contribution < 1.29 is 14.3 Å².